The Bertz CT molecular complexity index is 1080. The summed E-state index contributed by atoms with van der Waals surface area (Å²) in [5, 5.41) is 7.80. The average molecular weight is 389 g/mol. The highest BCUT2D eigenvalue weighted by molar-refractivity contribution is 5.71. The summed E-state index contributed by atoms with van der Waals surface area (Å²) in [6.07, 6.45) is 0. The quantitative estimate of drug-likeness (QED) is 0.399. The predicted octanol–water partition coefficient (Wildman–Crippen LogP) is 6.70. The molecule has 0 amide bonds. The van der Waals surface area contributed by atoms with E-state index in [-0.39, 0.29) is 12.1 Å². The van der Waals surface area contributed by atoms with Gasteiger partial charge >= 0.3 is 0 Å². The second-order valence-corrected chi connectivity index (χ2v) is 8.29. The second kappa shape index (κ2) is 7.16. The summed E-state index contributed by atoms with van der Waals surface area (Å²) in [5.41, 5.74) is 7.90. The van der Waals surface area contributed by atoms with E-state index in [9.17, 15) is 0 Å². The standard InChI is InChI=1S/C28H24N2/c1-3-11-19(12-4-1)27-25-21-15-7-9-17-23(21)29-24-18-10-8-16-22(24)26(25)28(30-27)20-13-5-2-6-14-20/h1-18,25-30H. The number of rotatable bonds is 2. The van der Waals surface area contributed by atoms with E-state index in [1.54, 1.807) is 0 Å². The Morgan fingerprint density at radius 3 is 1.30 bits per heavy atom. The van der Waals surface area contributed by atoms with Crippen LogP contribution in [0.15, 0.2) is 109 Å². The maximum absolute atomic E-state index is 4.05. The number of para-hydroxylation sites is 2. The minimum Gasteiger partial charge on any atom is -0.355 e. The van der Waals surface area contributed by atoms with Crippen molar-refractivity contribution in [3.8, 4) is 0 Å². The van der Waals surface area contributed by atoms with Crippen LogP contribution in [0.4, 0.5) is 11.4 Å². The van der Waals surface area contributed by atoms with Gasteiger partial charge in [0.15, 0.2) is 0 Å². The van der Waals surface area contributed by atoms with Crippen molar-refractivity contribution in [2.24, 2.45) is 0 Å². The number of anilines is 2. The van der Waals surface area contributed by atoms with Crippen LogP contribution in [0.2, 0.25) is 0 Å². The molecule has 2 heteroatoms. The minimum absolute atomic E-state index is 0.246. The van der Waals surface area contributed by atoms with E-state index in [4.69, 9.17) is 0 Å². The van der Waals surface area contributed by atoms with Gasteiger partial charge in [-0.1, -0.05) is 97.1 Å². The van der Waals surface area contributed by atoms with E-state index in [0.717, 1.165) is 0 Å². The number of benzene rings is 4. The summed E-state index contributed by atoms with van der Waals surface area (Å²) >= 11 is 0. The largest absolute Gasteiger partial charge is 0.355 e. The lowest BCUT2D eigenvalue weighted by Crippen LogP contribution is -2.20. The fourth-order valence-electron chi connectivity index (χ4n) is 5.44. The fourth-order valence-corrected chi connectivity index (χ4v) is 5.44. The molecule has 1 fully saturated rings. The van der Waals surface area contributed by atoms with E-state index >= 15 is 0 Å². The van der Waals surface area contributed by atoms with Crippen LogP contribution in [0.1, 0.15) is 46.2 Å². The molecule has 1 saturated heterocycles. The Hall–Kier alpha value is -3.36. The van der Waals surface area contributed by atoms with Gasteiger partial charge in [-0.25, -0.2) is 0 Å². The lowest BCUT2D eigenvalue weighted by Gasteiger charge is -2.26. The second-order valence-electron chi connectivity index (χ2n) is 8.29. The van der Waals surface area contributed by atoms with Gasteiger partial charge < -0.3 is 10.6 Å². The summed E-state index contributed by atoms with van der Waals surface area (Å²) in [5.74, 6) is 0.676. The van der Waals surface area contributed by atoms with Gasteiger partial charge in [-0.2, -0.15) is 0 Å². The molecule has 0 aromatic heterocycles. The molecule has 30 heavy (non-hydrogen) atoms. The third-order valence-electron chi connectivity index (χ3n) is 6.69. The van der Waals surface area contributed by atoms with Gasteiger partial charge in [-0.15, -0.1) is 0 Å². The first-order chi connectivity index (χ1) is 14.9. The smallest absolute Gasteiger partial charge is 0.0420 e. The Balaban J connectivity index is 1.61. The Kier molecular flexibility index (Phi) is 4.17. The van der Waals surface area contributed by atoms with Crippen molar-refractivity contribution >= 4 is 11.4 Å². The summed E-state index contributed by atoms with van der Waals surface area (Å²) in [4.78, 5) is 0. The molecule has 4 aromatic carbocycles. The average Bonchev–Trinajstić information content (AvgIpc) is 3.14. The SMILES string of the molecule is c1ccc(C2NC(c3ccccc3)C3c4ccccc4Nc4ccccc4C23)cc1. The molecule has 0 spiro atoms. The molecule has 0 bridgehead atoms. The highest BCUT2D eigenvalue weighted by Crippen LogP contribution is 2.58. The van der Waals surface area contributed by atoms with Crippen molar-refractivity contribution in [3.05, 3.63) is 131 Å². The monoisotopic (exact) mass is 388 g/mol. The number of fused-ring (bicyclic) bond motifs is 5. The lowest BCUT2D eigenvalue weighted by atomic mass is 9.75. The van der Waals surface area contributed by atoms with Crippen molar-refractivity contribution in [1.82, 2.24) is 5.32 Å². The van der Waals surface area contributed by atoms with Crippen molar-refractivity contribution in [3.63, 3.8) is 0 Å². The molecule has 2 heterocycles. The summed E-state index contributed by atoms with van der Waals surface area (Å²) in [6, 6.07) is 40.0. The van der Waals surface area contributed by atoms with Gasteiger partial charge in [-0.05, 0) is 34.4 Å². The molecule has 2 aliphatic heterocycles. The summed E-state index contributed by atoms with van der Waals surface area (Å²) in [6.45, 7) is 0. The number of nitrogens with one attached hydrogen (secondary N) is 2. The van der Waals surface area contributed by atoms with Crippen LogP contribution >= 0.6 is 0 Å². The number of hydrogen-bond acceptors (Lipinski definition) is 2. The van der Waals surface area contributed by atoms with E-state index in [2.05, 4.69) is 120 Å². The number of hydrogen-bond donors (Lipinski definition) is 2. The zero-order valence-corrected chi connectivity index (χ0v) is 16.7. The van der Waals surface area contributed by atoms with Crippen LogP contribution in [-0.4, -0.2) is 0 Å². The van der Waals surface area contributed by atoms with E-state index in [1.165, 1.54) is 33.6 Å². The normalized spacial score (nSPS) is 24.1. The minimum atomic E-state index is 0.246. The van der Waals surface area contributed by atoms with Gasteiger partial charge in [0.25, 0.3) is 0 Å². The van der Waals surface area contributed by atoms with E-state index < -0.39 is 0 Å². The zero-order valence-electron chi connectivity index (χ0n) is 16.7. The molecule has 0 radical (unpaired) electrons. The highest BCUT2D eigenvalue weighted by atomic mass is 15.0. The van der Waals surface area contributed by atoms with Gasteiger partial charge in [0.05, 0.1) is 0 Å². The van der Waals surface area contributed by atoms with Crippen LogP contribution in [0, 0.1) is 0 Å². The third kappa shape index (κ3) is 2.76. The molecular weight excluding hydrogens is 364 g/mol. The first kappa shape index (κ1) is 17.5. The molecule has 0 saturated carbocycles. The van der Waals surface area contributed by atoms with Crippen molar-refractivity contribution < 1.29 is 0 Å². The van der Waals surface area contributed by atoms with Crippen LogP contribution in [0.3, 0.4) is 0 Å². The van der Waals surface area contributed by atoms with Gasteiger partial charge in [-0.3, -0.25) is 0 Å². The Morgan fingerprint density at radius 1 is 0.433 bits per heavy atom. The third-order valence-corrected chi connectivity index (χ3v) is 6.69. The van der Waals surface area contributed by atoms with E-state index in [0.29, 0.717) is 11.8 Å². The first-order valence-corrected chi connectivity index (χ1v) is 10.7. The molecule has 2 N–H and O–H groups in total. The van der Waals surface area contributed by atoms with Gasteiger partial charge in [0, 0.05) is 35.3 Å². The van der Waals surface area contributed by atoms with Crippen LogP contribution in [0.5, 0.6) is 0 Å². The van der Waals surface area contributed by atoms with Crippen LogP contribution < -0.4 is 10.6 Å². The molecule has 0 aliphatic carbocycles. The molecule has 4 unspecified atom stereocenters. The lowest BCUT2D eigenvalue weighted by molar-refractivity contribution is 0.554. The maximum Gasteiger partial charge on any atom is 0.0420 e. The molecular formula is C28H24N2. The topological polar surface area (TPSA) is 24.1 Å². The summed E-state index contributed by atoms with van der Waals surface area (Å²) in [7, 11) is 0. The molecule has 4 atom stereocenters. The first-order valence-electron chi connectivity index (χ1n) is 10.7. The van der Waals surface area contributed by atoms with Crippen molar-refractivity contribution in [2.45, 2.75) is 23.9 Å². The van der Waals surface area contributed by atoms with Gasteiger partial charge in [0.1, 0.15) is 0 Å². The molecule has 4 aromatic rings. The fraction of sp³-hybridized carbons (Fsp3) is 0.143. The molecule has 146 valence electrons. The van der Waals surface area contributed by atoms with Gasteiger partial charge in [0.2, 0.25) is 0 Å². The van der Waals surface area contributed by atoms with Crippen molar-refractivity contribution in [2.75, 3.05) is 5.32 Å². The van der Waals surface area contributed by atoms with E-state index in [1.807, 2.05) is 0 Å². The molecule has 2 aliphatic rings. The van der Waals surface area contributed by atoms with Crippen molar-refractivity contribution in [1.29, 1.82) is 0 Å². The molecule has 6 rings (SSSR count). The summed E-state index contributed by atoms with van der Waals surface area (Å²) < 4.78 is 0. The van der Waals surface area contributed by atoms with Crippen LogP contribution in [-0.2, 0) is 0 Å². The van der Waals surface area contributed by atoms with Crippen LogP contribution in [0.25, 0.3) is 0 Å². The maximum atomic E-state index is 4.05. The molecule has 2 nitrogen and oxygen atoms in total. The predicted molar refractivity (Wildman–Crippen MR) is 123 cm³/mol. The highest BCUT2D eigenvalue weighted by Gasteiger charge is 2.47. The Morgan fingerprint density at radius 2 is 0.833 bits per heavy atom. The Labute approximate surface area is 177 Å². The zero-order chi connectivity index (χ0) is 19.9.